The number of hydrogen-bond acceptors (Lipinski definition) is 3. The smallest absolute Gasteiger partial charge is 0.259 e. The summed E-state index contributed by atoms with van der Waals surface area (Å²) >= 11 is 3.32. The van der Waals surface area contributed by atoms with Crippen molar-refractivity contribution in [3.63, 3.8) is 0 Å². The van der Waals surface area contributed by atoms with Gasteiger partial charge in [-0.25, -0.2) is 5.43 Å². The van der Waals surface area contributed by atoms with Crippen molar-refractivity contribution in [3.05, 3.63) is 94.5 Å². The van der Waals surface area contributed by atoms with Gasteiger partial charge in [0.2, 0.25) is 0 Å². The van der Waals surface area contributed by atoms with E-state index in [1.807, 2.05) is 55.5 Å². The van der Waals surface area contributed by atoms with Crippen molar-refractivity contribution in [3.8, 4) is 11.1 Å². The van der Waals surface area contributed by atoms with Gasteiger partial charge < -0.3 is 5.32 Å². The lowest BCUT2D eigenvalue weighted by Gasteiger charge is -2.07. The average Bonchev–Trinajstić information content (AvgIpc) is 2.77. The normalized spacial score (nSPS) is 11.0. The molecular weight excluding hydrogens is 430 g/mol. The van der Waals surface area contributed by atoms with E-state index in [0.717, 1.165) is 16.7 Å². The SMILES string of the molecule is C/C(=N/NC(=O)CNC(=O)c1ccccc1Br)c1ccc(-c2ccccc2)cc1. The molecule has 146 valence electrons. The quantitative estimate of drug-likeness (QED) is 0.432. The number of carbonyl (C=O) groups excluding carboxylic acids is 2. The summed E-state index contributed by atoms with van der Waals surface area (Å²) in [6.45, 7) is 1.65. The first-order valence-electron chi connectivity index (χ1n) is 9.06. The van der Waals surface area contributed by atoms with E-state index >= 15 is 0 Å². The second-order valence-corrected chi connectivity index (χ2v) is 7.19. The maximum atomic E-state index is 12.1. The molecule has 2 N–H and O–H groups in total. The first-order chi connectivity index (χ1) is 14.0. The van der Waals surface area contributed by atoms with Gasteiger partial charge in [0.05, 0.1) is 17.8 Å². The van der Waals surface area contributed by atoms with Crippen molar-refractivity contribution in [2.24, 2.45) is 5.10 Å². The highest BCUT2D eigenvalue weighted by atomic mass is 79.9. The molecule has 6 heteroatoms. The van der Waals surface area contributed by atoms with Crippen molar-refractivity contribution in [1.82, 2.24) is 10.7 Å². The third-order valence-corrected chi connectivity index (χ3v) is 4.98. The minimum Gasteiger partial charge on any atom is -0.343 e. The average molecular weight is 450 g/mol. The number of hydrazone groups is 1. The molecule has 0 saturated carbocycles. The minimum atomic E-state index is -0.398. The summed E-state index contributed by atoms with van der Waals surface area (Å²) in [6.07, 6.45) is 0. The van der Waals surface area contributed by atoms with E-state index in [1.54, 1.807) is 18.2 Å². The molecule has 3 aromatic carbocycles. The van der Waals surface area contributed by atoms with E-state index in [-0.39, 0.29) is 12.5 Å². The Balaban J connectivity index is 1.54. The summed E-state index contributed by atoms with van der Waals surface area (Å²) in [5.74, 6) is -0.726. The Kier molecular flexibility index (Phi) is 6.92. The second-order valence-electron chi connectivity index (χ2n) is 6.34. The van der Waals surface area contributed by atoms with E-state index in [0.29, 0.717) is 15.7 Å². The van der Waals surface area contributed by atoms with Gasteiger partial charge in [-0.2, -0.15) is 5.10 Å². The molecule has 0 aromatic heterocycles. The molecule has 0 fully saturated rings. The van der Waals surface area contributed by atoms with Gasteiger partial charge in [0.25, 0.3) is 11.8 Å². The molecule has 29 heavy (non-hydrogen) atoms. The molecule has 0 heterocycles. The molecule has 0 aliphatic heterocycles. The zero-order chi connectivity index (χ0) is 20.6. The molecule has 0 bridgehead atoms. The van der Waals surface area contributed by atoms with Crippen LogP contribution in [0.15, 0.2) is 88.4 Å². The molecule has 0 unspecified atom stereocenters. The number of hydrogen-bond donors (Lipinski definition) is 2. The van der Waals surface area contributed by atoms with Crippen molar-refractivity contribution in [2.45, 2.75) is 6.92 Å². The summed E-state index contributed by atoms with van der Waals surface area (Å²) in [5.41, 5.74) is 6.78. The van der Waals surface area contributed by atoms with Crippen LogP contribution in [-0.2, 0) is 4.79 Å². The van der Waals surface area contributed by atoms with Crippen molar-refractivity contribution in [2.75, 3.05) is 6.54 Å². The number of rotatable bonds is 6. The number of nitrogens with one attached hydrogen (secondary N) is 2. The molecule has 0 aliphatic carbocycles. The fraction of sp³-hybridized carbons (Fsp3) is 0.0870. The van der Waals surface area contributed by atoms with Crippen LogP contribution in [0.1, 0.15) is 22.8 Å². The monoisotopic (exact) mass is 449 g/mol. The summed E-state index contributed by atoms with van der Waals surface area (Å²) in [7, 11) is 0. The Morgan fingerprint density at radius 2 is 1.48 bits per heavy atom. The fourth-order valence-corrected chi connectivity index (χ4v) is 3.15. The fourth-order valence-electron chi connectivity index (χ4n) is 2.69. The maximum Gasteiger partial charge on any atom is 0.259 e. The van der Waals surface area contributed by atoms with Crippen LogP contribution >= 0.6 is 15.9 Å². The van der Waals surface area contributed by atoms with Crippen LogP contribution in [0.3, 0.4) is 0 Å². The van der Waals surface area contributed by atoms with Gasteiger partial charge in [-0.15, -0.1) is 0 Å². The lowest BCUT2D eigenvalue weighted by atomic mass is 10.0. The molecule has 0 radical (unpaired) electrons. The van der Waals surface area contributed by atoms with Crippen molar-refractivity contribution >= 4 is 33.5 Å². The Hall–Kier alpha value is -3.25. The standard InChI is InChI=1S/C23H20BrN3O2/c1-16(17-11-13-19(14-12-17)18-7-3-2-4-8-18)26-27-22(28)15-25-23(29)20-9-5-6-10-21(20)24/h2-14H,15H2,1H3,(H,25,29)(H,27,28)/b26-16-. The van der Waals surface area contributed by atoms with Crippen LogP contribution in [0.25, 0.3) is 11.1 Å². The van der Waals surface area contributed by atoms with Gasteiger partial charge in [0.15, 0.2) is 0 Å². The lowest BCUT2D eigenvalue weighted by Crippen LogP contribution is -2.35. The highest BCUT2D eigenvalue weighted by Crippen LogP contribution is 2.19. The van der Waals surface area contributed by atoms with Gasteiger partial charge in [-0.05, 0) is 51.7 Å². The molecule has 3 aromatic rings. The molecule has 0 saturated heterocycles. The van der Waals surface area contributed by atoms with E-state index < -0.39 is 5.91 Å². The van der Waals surface area contributed by atoms with Crippen LogP contribution < -0.4 is 10.7 Å². The molecule has 0 atom stereocenters. The third-order valence-electron chi connectivity index (χ3n) is 4.29. The van der Waals surface area contributed by atoms with Crippen LogP contribution in [0, 0.1) is 0 Å². The topological polar surface area (TPSA) is 70.6 Å². The number of carbonyl (C=O) groups is 2. The molecule has 3 rings (SSSR count). The largest absolute Gasteiger partial charge is 0.343 e. The summed E-state index contributed by atoms with van der Waals surface area (Å²) in [5, 5.41) is 6.70. The number of halogens is 1. The highest BCUT2D eigenvalue weighted by Gasteiger charge is 2.10. The van der Waals surface area contributed by atoms with Crippen LogP contribution in [-0.4, -0.2) is 24.1 Å². The first kappa shape index (κ1) is 20.5. The van der Waals surface area contributed by atoms with Crippen molar-refractivity contribution in [1.29, 1.82) is 0 Å². The predicted octanol–water partition coefficient (Wildman–Crippen LogP) is 4.39. The molecule has 2 amide bonds. The Morgan fingerprint density at radius 1 is 0.862 bits per heavy atom. The maximum absolute atomic E-state index is 12.1. The van der Waals surface area contributed by atoms with Crippen LogP contribution in [0.5, 0.6) is 0 Å². The second kappa shape index (κ2) is 9.80. The van der Waals surface area contributed by atoms with Crippen LogP contribution in [0.4, 0.5) is 0 Å². The van der Waals surface area contributed by atoms with Gasteiger partial charge >= 0.3 is 0 Å². The zero-order valence-corrected chi connectivity index (χ0v) is 17.4. The Morgan fingerprint density at radius 3 is 2.17 bits per heavy atom. The van der Waals surface area contributed by atoms with E-state index in [2.05, 4.69) is 43.9 Å². The van der Waals surface area contributed by atoms with Gasteiger partial charge in [-0.1, -0.05) is 66.7 Å². The van der Waals surface area contributed by atoms with E-state index in [4.69, 9.17) is 0 Å². The van der Waals surface area contributed by atoms with E-state index in [1.165, 1.54) is 0 Å². The van der Waals surface area contributed by atoms with Gasteiger partial charge in [0, 0.05) is 4.47 Å². The van der Waals surface area contributed by atoms with Gasteiger partial charge in [-0.3, -0.25) is 9.59 Å². The number of nitrogens with zero attached hydrogens (tertiary/aromatic N) is 1. The van der Waals surface area contributed by atoms with Crippen LogP contribution in [0.2, 0.25) is 0 Å². The zero-order valence-electron chi connectivity index (χ0n) is 15.9. The number of amides is 2. The van der Waals surface area contributed by atoms with Crippen molar-refractivity contribution < 1.29 is 9.59 Å². The first-order valence-corrected chi connectivity index (χ1v) is 9.85. The lowest BCUT2D eigenvalue weighted by molar-refractivity contribution is -0.120. The molecule has 0 spiro atoms. The summed E-state index contributed by atoms with van der Waals surface area (Å²) in [6, 6.07) is 25.1. The van der Waals surface area contributed by atoms with Gasteiger partial charge in [0.1, 0.15) is 0 Å². The molecular formula is C23H20BrN3O2. The molecule has 0 aliphatic rings. The minimum absolute atomic E-state index is 0.163. The Bertz CT molecular complexity index is 1030. The number of benzene rings is 3. The summed E-state index contributed by atoms with van der Waals surface area (Å²) < 4.78 is 0.672. The molecule has 5 nitrogen and oxygen atoms in total. The van der Waals surface area contributed by atoms with E-state index in [9.17, 15) is 9.59 Å². The summed E-state index contributed by atoms with van der Waals surface area (Å²) in [4.78, 5) is 24.1. The highest BCUT2D eigenvalue weighted by molar-refractivity contribution is 9.10. The third kappa shape index (κ3) is 5.62. The predicted molar refractivity (Wildman–Crippen MR) is 119 cm³/mol. The Labute approximate surface area is 178 Å².